The molecule has 0 saturated carbocycles. The molecular formula is C14H22N2O3S. The quantitative estimate of drug-likeness (QED) is 0.848. The predicted octanol–water partition coefficient (Wildman–Crippen LogP) is 2.95. The fraction of sp³-hybridized carbons (Fsp3) is 0.571. The van der Waals surface area contributed by atoms with Gasteiger partial charge in [-0.25, -0.2) is 9.59 Å². The number of nitrogens with zero attached hydrogens (tertiary/aromatic N) is 1. The number of carboxylic acid groups (broad SMARTS) is 1. The molecule has 0 bridgehead atoms. The van der Waals surface area contributed by atoms with E-state index in [-0.39, 0.29) is 18.0 Å². The molecule has 20 heavy (non-hydrogen) atoms. The van der Waals surface area contributed by atoms with Crippen molar-refractivity contribution in [3.63, 3.8) is 0 Å². The number of nitrogens with one attached hydrogen (secondary N) is 1. The third-order valence-corrected chi connectivity index (χ3v) is 4.66. The number of carboxylic acids is 1. The number of thiophene rings is 1. The molecule has 0 aromatic carbocycles. The lowest BCUT2D eigenvalue weighted by Crippen LogP contribution is -2.49. The van der Waals surface area contributed by atoms with Crippen LogP contribution in [0.2, 0.25) is 0 Å². The molecule has 0 radical (unpaired) electrons. The Kier molecular flexibility index (Phi) is 6.01. The fourth-order valence-corrected chi connectivity index (χ4v) is 2.64. The molecule has 1 rings (SSSR count). The maximum atomic E-state index is 12.2. The second-order valence-corrected chi connectivity index (χ2v) is 5.93. The zero-order chi connectivity index (χ0) is 15.3. The summed E-state index contributed by atoms with van der Waals surface area (Å²) < 4.78 is 0. The molecule has 2 N–H and O–H groups in total. The predicted molar refractivity (Wildman–Crippen MR) is 79.9 cm³/mol. The molecule has 1 unspecified atom stereocenters. The molecular weight excluding hydrogens is 276 g/mol. The monoisotopic (exact) mass is 298 g/mol. The van der Waals surface area contributed by atoms with Crippen molar-refractivity contribution in [3.05, 3.63) is 22.4 Å². The Labute approximate surface area is 123 Å². The van der Waals surface area contributed by atoms with Crippen LogP contribution >= 0.6 is 11.3 Å². The highest BCUT2D eigenvalue weighted by Crippen LogP contribution is 2.23. The van der Waals surface area contributed by atoms with E-state index in [1.165, 1.54) is 4.90 Å². The molecule has 6 heteroatoms. The van der Waals surface area contributed by atoms with E-state index in [1.807, 2.05) is 38.3 Å². The van der Waals surface area contributed by atoms with Gasteiger partial charge in [0.05, 0.1) is 6.04 Å². The first-order valence-electron chi connectivity index (χ1n) is 6.68. The standard InChI is InChI=1S/C14H22N2O3S/c1-5-9(2)12(13(17)18)15-14(19)16(4)10(3)11-7-6-8-20-11/h6-10,12H,5H2,1-4H3,(H,15,19)(H,17,18)/t9-,10?,12-/m0/s1. The summed E-state index contributed by atoms with van der Waals surface area (Å²) in [6.45, 7) is 5.65. The normalized spacial score (nSPS) is 15.2. The smallest absolute Gasteiger partial charge is 0.326 e. The van der Waals surface area contributed by atoms with E-state index in [4.69, 9.17) is 0 Å². The fourth-order valence-electron chi connectivity index (χ4n) is 1.81. The van der Waals surface area contributed by atoms with Gasteiger partial charge in [-0.15, -0.1) is 11.3 Å². The van der Waals surface area contributed by atoms with Crippen molar-refractivity contribution in [1.29, 1.82) is 0 Å². The van der Waals surface area contributed by atoms with Gasteiger partial charge in [0, 0.05) is 11.9 Å². The van der Waals surface area contributed by atoms with Crippen molar-refractivity contribution in [1.82, 2.24) is 10.2 Å². The summed E-state index contributed by atoms with van der Waals surface area (Å²) in [6, 6.07) is 2.59. The van der Waals surface area contributed by atoms with Crippen LogP contribution in [0.25, 0.3) is 0 Å². The van der Waals surface area contributed by atoms with Gasteiger partial charge in [0.1, 0.15) is 6.04 Å². The van der Waals surface area contributed by atoms with Gasteiger partial charge in [0.15, 0.2) is 0 Å². The summed E-state index contributed by atoms with van der Waals surface area (Å²) in [7, 11) is 1.68. The highest BCUT2D eigenvalue weighted by atomic mass is 32.1. The number of hydrogen-bond acceptors (Lipinski definition) is 3. The summed E-state index contributed by atoms with van der Waals surface area (Å²) in [5.41, 5.74) is 0. The number of carbonyl (C=O) groups excluding carboxylic acids is 1. The van der Waals surface area contributed by atoms with Crippen molar-refractivity contribution < 1.29 is 14.7 Å². The first-order chi connectivity index (χ1) is 9.38. The van der Waals surface area contributed by atoms with E-state index < -0.39 is 12.0 Å². The first-order valence-corrected chi connectivity index (χ1v) is 7.56. The van der Waals surface area contributed by atoms with Crippen LogP contribution < -0.4 is 5.32 Å². The van der Waals surface area contributed by atoms with Crippen LogP contribution in [0.3, 0.4) is 0 Å². The van der Waals surface area contributed by atoms with Gasteiger partial charge in [0.2, 0.25) is 0 Å². The van der Waals surface area contributed by atoms with E-state index in [2.05, 4.69) is 5.32 Å². The Morgan fingerprint density at radius 3 is 2.55 bits per heavy atom. The Balaban J connectivity index is 2.71. The Morgan fingerprint density at radius 1 is 1.45 bits per heavy atom. The van der Waals surface area contributed by atoms with Gasteiger partial charge in [-0.1, -0.05) is 26.3 Å². The van der Waals surface area contributed by atoms with Gasteiger partial charge in [-0.3, -0.25) is 0 Å². The van der Waals surface area contributed by atoms with Crippen LogP contribution in [0.1, 0.15) is 38.1 Å². The summed E-state index contributed by atoms with van der Waals surface area (Å²) >= 11 is 1.57. The second kappa shape index (κ2) is 7.28. The number of rotatable bonds is 6. The third kappa shape index (κ3) is 3.96. The molecule has 0 aliphatic rings. The van der Waals surface area contributed by atoms with Gasteiger partial charge in [-0.05, 0) is 24.3 Å². The van der Waals surface area contributed by atoms with Crippen molar-refractivity contribution >= 4 is 23.3 Å². The Morgan fingerprint density at radius 2 is 2.10 bits per heavy atom. The minimum absolute atomic E-state index is 0.0821. The molecule has 112 valence electrons. The second-order valence-electron chi connectivity index (χ2n) is 4.95. The molecule has 0 aliphatic heterocycles. The molecule has 5 nitrogen and oxygen atoms in total. The third-order valence-electron chi connectivity index (χ3n) is 3.61. The van der Waals surface area contributed by atoms with E-state index >= 15 is 0 Å². The summed E-state index contributed by atoms with van der Waals surface area (Å²) in [5.74, 6) is -1.10. The number of urea groups is 1. The van der Waals surface area contributed by atoms with Crippen LogP contribution in [0.5, 0.6) is 0 Å². The van der Waals surface area contributed by atoms with Crippen molar-refractivity contribution in [3.8, 4) is 0 Å². The molecule has 3 atom stereocenters. The van der Waals surface area contributed by atoms with E-state index in [9.17, 15) is 14.7 Å². The number of carbonyl (C=O) groups is 2. The van der Waals surface area contributed by atoms with Gasteiger partial charge in [0.25, 0.3) is 0 Å². The lowest BCUT2D eigenvalue weighted by atomic mass is 9.99. The van der Waals surface area contributed by atoms with Crippen molar-refractivity contribution in [2.24, 2.45) is 5.92 Å². The summed E-state index contributed by atoms with van der Waals surface area (Å²) in [6.07, 6.45) is 0.696. The highest BCUT2D eigenvalue weighted by molar-refractivity contribution is 7.10. The maximum Gasteiger partial charge on any atom is 0.326 e. The number of hydrogen-bond donors (Lipinski definition) is 2. The molecule has 0 saturated heterocycles. The van der Waals surface area contributed by atoms with Gasteiger partial charge >= 0.3 is 12.0 Å². The van der Waals surface area contributed by atoms with Crippen LogP contribution in [0.15, 0.2) is 17.5 Å². The zero-order valence-electron chi connectivity index (χ0n) is 12.3. The molecule has 0 fully saturated rings. The highest BCUT2D eigenvalue weighted by Gasteiger charge is 2.28. The Hall–Kier alpha value is -1.56. The summed E-state index contributed by atoms with van der Waals surface area (Å²) in [5, 5.41) is 13.8. The SMILES string of the molecule is CC[C@H](C)[C@H](NC(=O)N(C)C(C)c1cccs1)C(=O)O. The number of aliphatic carboxylic acids is 1. The van der Waals surface area contributed by atoms with E-state index in [0.29, 0.717) is 6.42 Å². The van der Waals surface area contributed by atoms with E-state index in [0.717, 1.165) is 4.88 Å². The van der Waals surface area contributed by atoms with Gasteiger partial charge in [-0.2, -0.15) is 0 Å². The molecule has 0 spiro atoms. The molecule has 1 aromatic heterocycles. The molecule has 0 aliphatic carbocycles. The van der Waals surface area contributed by atoms with Crippen LogP contribution in [0.4, 0.5) is 4.79 Å². The van der Waals surface area contributed by atoms with E-state index in [1.54, 1.807) is 18.4 Å². The van der Waals surface area contributed by atoms with Crippen molar-refractivity contribution in [2.45, 2.75) is 39.3 Å². The average molecular weight is 298 g/mol. The topological polar surface area (TPSA) is 69.6 Å². The summed E-state index contributed by atoms with van der Waals surface area (Å²) in [4.78, 5) is 26.0. The maximum absolute atomic E-state index is 12.2. The first kappa shape index (κ1) is 16.5. The molecule has 2 amide bonds. The number of amides is 2. The Bertz CT molecular complexity index is 447. The van der Waals surface area contributed by atoms with Crippen LogP contribution in [-0.4, -0.2) is 35.1 Å². The van der Waals surface area contributed by atoms with Crippen LogP contribution in [-0.2, 0) is 4.79 Å². The van der Waals surface area contributed by atoms with Gasteiger partial charge < -0.3 is 15.3 Å². The molecule has 1 heterocycles. The zero-order valence-corrected chi connectivity index (χ0v) is 13.1. The minimum Gasteiger partial charge on any atom is -0.480 e. The van der Waals surface area contributed by atoms with Crippen LogP contribution in [0, 0.1) is 5.92 Å². The minimum atomic E-state index is -0.995. The largest absolute Gasteiger partial charge is 0.480 e. The molecule has 1 aromatic rings. The lowest BCUT2D eigenvalue weighted by Gasteiger charge is -2.28. The lowest BCUT2D eigenvalue weighted by molar-refractivity contribution is -0.140. The van der Waals surface area contributed by atoms with Crippen molar-refractivity contribution in [2.75, 3.05) is 7.05 Å². The average Bonchev–Trinajstić information content (AvgIpc) is 2.95.